The highest BCUT2D eigenvalue weighted by molar-refractivity contribution is 5.85. The standard InChI is InChI=1S/C14H26N2O2.2ClH/c1-5-14(3,6-2)18-12-13(17)11-16-9-7-15(4)8-10-16;;/h1,13,17H,6-12H2,2-4H3;2*1H. The first kappa shape index (κ1) is 22.3. The van der Waals surface area contributed by atoms with Gasteiger partial charge in [-0.3, -0.25) is 4.90 Å². The zero-order chi connectivity index (χ0) is 13.6. The lowest BCUT2D eigenvalue weighted by molar-refractivity contribution is -0.0495. The summed E-state index contributed by atoms with van der Waals surface area (Å²) < 4.78 is 5.63. The Morgan fingerprint density at radius 3 is 2.30 bits per heavy atom. The van der Waals surface area contributed by atoms with Gasteiger partial charge in [0.2, 0.25) is 0 Å². The second-order valence-electron chi connectivity index (χ2n) is 5.30. The molecule has 0 spiro atoms. The molecule has 0 aliphatic carbocycles. The zero-order valence-corrected chi connectivity index (χ0v) is 14.3. The number of halogens is 2. The van der Waals surface area contributed by atoms with Gasteiger partial charge in [-0.1, -0.05) is 12.8 Å². The Morgan fingerprint density at radius 2 is 1.85 bits per heavy atom. The SMILES string of the molecule is C#CC(C)(CC)OCC(O)CN1CCN(C)CC1.Cl.Cl. The van der Waals surface area contributed by atoms with E-state index >= 15 is 0 Å². The van der Waals surface area contributed by atoms with Gasteiger partial charge in [0, 0.05) is 32.7 Å². The molecular weight excluding hydrogens is 299 g/mol. The average molecular weight is 327 g/mol. The van der Waals surface area contributed by atoms with E-state index in [1.165, 1.54) is 0 Å². The van der Waals surface area contributed by atoms with Crippen molar-refractivity contribution in [2.45, 2.75) is 32.0 Å². The van der Waals surface area contributed by atoms with Gasteiger partial charge in [0.15, 0.2) is 0 Å². The van der Waals surface area contributed by atoms with E-state index < -0.39 is 11.7 Å². The van der Waals surface area contributed by atoms with Gasteiger partial charge in [-0.2, -0.15) is 0 Å². The molecule has 0 aromatic carbocycles. The minimum absolute atomic E-state index is 0. The number of likely N-dealkylation sites (N-methyl/N-ethyl adjacent to an activating group) is 1. The topological polar surface area (TPSA) is 35.9 Å². The zero-order valence-electron chi connectivity index (χ0n) is 12.7. The van der Waals surface area contributed by atoms with Crippen molar-refractivity contribution in [2.24, 2.45) is 0 Å². The molecular formula is C14H28Cl2N2O2. The Hall–Kier alpha value is -0.0200. The normalized spacial score (nSPS) is 20.9. The van der Waals surface area contributed by atoms with Gasteiger partial charge in [0.1, 0.15) is 5.60 Å². The molecule has 1 aliphatic heterocycles. The molecule has 0 bridgehead atoms. The fourth-order valence-corrected chi connectivity index (χ4v) is 1.91. The van der Waals surface area contributed by atoms with Crippen LogP contribution >= 0.6 is 24.8 Å². The average Bonchev–Trinajstić information content (AvgIpc) is 2.39. The highest BCUT2D eigenvalue weighted by atomic mass is 35.5. The van der Waals surface area contributed by atoms with Crippen LogP contribution in [0.5, 0.6) is 0 Å². The smallest absolute Gasteiger partial charge is 0.125 e. The van der Waals surface area contributed by atoms with Crippen molar-refractivity contribution in [1.82, 2.24) is 9.80 Å². The lowest BCUT2D eigenvalue weighted by Crippen LogP contribution is -2.48. The first-order valence-electron chi connectivity index (χ1n) is 6.70. The van der Waals surface area contributed by atoms with E-state index in [-0.39, 0.29) is 24.8 Å². The summed E-state index contributed by atoms with van der Waals surface area (Å²) in [6, 6.07) is 0. The maximum Gasteiger partial charge on any atom is 0.125 e. The van der Waals surface area contributed by atoms with Crippen LogP contribution < -0.4 is 0 Å². The van der Waals surface area contributed by atoms with Gasteiger partial charge >= 0.3 is 0 Å². The van der Waals surface area contributed by atoms with E-state index in [0.717, 1.165) is 32.6 Å². The first-order valence-corrected chi connectivity index (χ1v) is 6.70. The molecule has 2 unspecified atom stereocenters. The van der Waals surface area contributed by atoms with Crippen LogP contribution in [0.2, 0.25) is 0 Å². The van der Waals surface area contributed by atoms with Crippen LogP contribution in [0.25, 0.3) is 0 Å². The van der Waals surface area contributed by atoms with E-state index in [2.05, 4.69) is 22.8 Å². The number of β-amino-alcohol motifs (C(OH)–C–C–N with tert-alkyl or cyclic N) is 1. The number of terminal acetylenes is 1. The molecule has 2 atom stereocenters. The first-order chi connectivity index (χ1) is 8.49. The molecule has 1 N–H and O–H groups in total. The third-order valence-electron chi connectivity index (χ3n) is 3.64. The van der Waals surface area contributed by atoms with Crippen LogP contribution in [0.4, 0.5) is 0 Å². The maximum atomic E-state index is 9.97. The number of aliphatic hydroxyl groups is 1. The Kier molecular flexibility index (Phi) is 11.9. The van der Waals surface area contributed by atoms with E-state index in [1.807, 2.05) is 13.8 Å². The van der Waals surface area contributed by atoms with Gasteiger partial charge in [-0.05, 0) is 20.4 Å². The number of aliphatic hydroxyl groups excluding tert-OH is 1. The van der Waals surface area contributed by atoms with Crippen molar-refractivity contribution in [3.05, 3.63) is 0 Å². The summed E-state index contributed by atoms with van der Waals surface area (Å²) in [6.45, 7) is 8.98. The van der Waals surface area contributed by atoms with Gasteiger partial charge < -0.3 is 14.7 Å². The quantitative estimate of drug-likeness (QED) is 0.745. The van der Waals surface area contributed by atoms with E-state index in [1.54, 1.807) is 0 Å². The summed E-state index contributed by atoms with van der Waals surface area (Å²) in [6.07, 6.45) is 5.72. The minimum atomic E-state index is -0.552. The number of ether oxygens (including phenoxy) is 1. The Balaban J connectivity index is 0. The highest BCUT2D eigenvalue weighted by Gasteiger charge is 2.22. The van der Waals surface area contributed by atoms with E-state index in [0.29, 0.717) is 13.2 Å². The molecule has 4 nitrogen and oxygen atoms in total. The molecule has 0 aromatic rings. The maximum absolute atomic E-state index is 9.97. The van der Waals surface area contributed by atoms with Gasteiger partial charge in [-0.15, -0.1) is 31.2 Å². The van der Waals surface area contributed by atoms with Gasteiger partial charge in [0.25, 0.3) is 0 Å². The largest absolute Gasteiger partial charge is 0.389 e. The van der Waals surface area contributed by atoms with Crippen LogP contribution in [-0.2, 0) is 4.74 Å². The predicted molar refractivity (Wildman–Crippen MR) is 87.9 cm³/mol. The van der Waals surface area contributed by atoms with Crippen LogP contribution in [-0.4, -0.2) is 73.0 Å². The number of hydrogen-bond acceptors (Lipinski definition) is 4. The minimum Gasteiger partial charge on any atom is -0.389 e. The van der Waals surface area contributed by atoms with Crippen molar-refractivity contribution in [2.75, 3.05) is 46.4 Å². The highest BCUT2D eigenvalue weighted by Crippen LogP contribution is 2.14. The van der Waals surface area contributed by atoms with Crippen LogP contribution in [0.15, 0.2) is 0 Å². The summed E-state index contributed by atoms with van der Waals surface area (Å²) in [5, 5.41) is 9.97. The molecule has 1 fully saturated rings. The van der Waals surface area contributed by atoms with Crippen molar-refractivity contribution in [3.63, 3.8) is 0 Å². The Morgan fingerprint density at radius 1 is 1.30 bits per heavy atom. The Labute approximate surface area is 135 Å². The lowest BCUT2D eigenvalue weighted by Gasteiger charge is -2.34. The fraction of sp³-hybridized carbons (Fsp3) is 0.857. The number of hydrogen-bond donors (Lipinski definition) is 1. The van der Waals surface area contributed by atoms with E-state index in [9.17, 15) is 5.11 Å². The second kappa shape index (κ2) is 10.7. The summed E-state index contributed by atoms with van der Waals surface area (Å²) >= 11 is 0. The predicted octanol–water partition coefficient (Wildman–Crippen LogP) is 1.26. The summed E-state index contributed by atoms with van der Waals surface area (Å²) in [4.78, 5) is 4.57. The van der Waals surface area contributed by atoms with Crippen molar-refractivity contribution >= 4 is 24.8 Å². The van der Waals surface area contributed by atoms with Gasteiger partial charge in [0.05, 0.1) is 12.7 Å². The summed E-state index contributed by atoms with van der Waals surface area (Å²) in [5.41, 5.74) is -0.552. The fourth-order valence-electron chi connectivity index (χ4n) is 1.91. The van der Waals surface area contributed by atoms with Crippen LogP contribution in [0.3, 0.4) is 0 Å². The summed E-state index contributed by atoms with van der Waals surface area (Å²) in [7, 11) is 2.12. The second-order valence-corrected chi connectivity index (χ2v) is 5.30. The summed E-state index contributed by atoms with van der Waals surface area (Å²) in [5.74, 6) is 2.64. The van der Waals surface area contributed by atoms with Crippen molar-refractivity contribution in [3.8, 4) is 12.3 Å². The van der Waals surface area contributed by atoms with Gasteiger partial charge in [-0.25, -0.2) is 0 Å². The molecule has 6 heteroatoms. The molecule has 0 amide bonds. The van der Waals surface area contributed by atoms with Crippen LogP contribution in [0, 0.1) is 12.3 Å². The van der Waals surface area contributed by atoms with Crippen molar-refractivity contribution < 1.29 is 9.84 Å². The third kappa shape index (κ3) is 7.68. The number of nitrogens with zero attached hydrogens (tertiary/aromatic N) is 2. The molecule has 1 saturated heterocycles. The molecule has 20 heavy (non-hydrogen) atoms. The van der Waals surface area contributed by atoms with E-state index in [4.69, 9.17) is 11.2 Å². The van der Waals surface area contributed by atoms with Crippen molar-refractivity contribution in [1.29, 1.82) is 0 Å². The number of piperazine rings is 1. The molecule has 0 aromatic heterocycles. The molecule has 1 aliphatic rings. The third-order valence-corrected chi connectivity index (χ3v) is 3.64. The lowest BCUT2D eigenvalue weighted by atomic mass is 10.1. The molecule has 0 radical (unpaired) electrons. The molecule has 0 saturated carbocycles. The number of rotatable bonds is 6. The van der Waals surface area contributed by atoms with Crippen LogP contribution in [0.1, 0.15) is 20.3 Å². The molecule has 1 rings (SSSR count). The monoisotopic (exact) mass is 326 g/mol. The molecule has 120 valence electrons. The molecule has 1 heterocycles. The Bertz CT molecular complexity index is 291.